The van der Waals surface area contributed by atoms with Gasteiger partial charge in [-0.3, -0.25) is 4.57 Å². The third-order valence-corrected chi connectivity index (χ3v) is 11.8. The van der Waals surface area contributed by atoms with Gasteiger partial charge in [0.1, 0.15) is 0 Å². The predicted octanol–water partition coefficient (Wildman–Crippen LogP) is 12.6. The van der Waals surface area contributed by atoms with Crippen LogP contribution in [0.2, 0.25) is 0 Å². The van der Waals surface area contributed by atoms with E-state index in [9.17, 15) is 0 Å². The largest absolute Gasteiger partial charge is 0.306 e. The van der Waals surface area contributed by atoms with E-state index >= 15 is 0 Å². The third kappa shape index (κ3) is 3.76. The number of hydrogen-bond acceptors (Lipinski definition) is 2. The van der Waals surface area contributed by atoms with Crippen molar-refractivity contribution in [3.8, 4) is 28.5 Å². The van der Waals surface area contributed by atoms with Crippen molar-refractivity contribution < 1.29 is 0 Å². The second-order valence-electron chi connectivity index (χ2n) is 14.6. The molecule has 5 nitrogen and oxygen atoms in total. The molecule has 0 bridgehead atoms. The van der Waals surface area contributed by atoms with Gasteiger partial charge in [-0.2, -0.15) is 0 Å². The van der Waals surface area contributed by atoms with E-state index in [-0.39, 0.29) is 0 Å². The Kier molecular flexibility index (Phi) is 5.57. The number of rotatable bonds is 3. The molecule has 5 heteroatoms. The van der Waals surface area contributed by atoms with Gasteiger partial charge in [0.15, 0.2) is 0 Å². The molecule has 0 aliphatic carbocycles. The van der Waals surface area contributed by atoms with Crippen LogP contribution in [0, 0.1) is 0 Å². The molecule has 0 saturated carbocycles. The monoisotopic (exact) mass is 699 g/mol. The van der Waals surface area contributed by atoms with Crippen LogP contribution >= 0.6 is 0 Å². The van der Waals surface area contributed by atoms with Gasteiger partial charge in [-0.25, -0.2) is 9.97 Å². The molecular formula is C50H29N5. The molecule has 5 aromatic heterocycles. The van der Waals surface area contributed by atoms with Crippen LogP contribution < -0.4 is 0 Å². The minimum atomic E-state index is 0.649. The molecule has 0 fully saturated rings. The number of aromatic nitrogens is 5. The summed E-state index contributed by atoms with van der Waals surface area (Å²) in [6, 6.07) is 63.3. The molecule has 254 valence electrons. The number of benzene rings is 8. The molecule has 0 atom stereocenters. The van der Waals surface area contributed by atoms with Crippen molar-refractivity contribution in [3.05, 3.63) is 176 Å². The molecule has 5 heterocycles. The van der Waals surface area contributed by atoms with Gasteiger partial charge in [0.2, 0.25) is 5.95 Å². The first kappa shape index (κ1) is 29.0. The van der Waals surface area contributed by atoms with Crippen LogP contribution in [-0.4, -0.2) is 23.3 Å². The highest BCUT2D eigenvalue weighted by molar-refractivity contribution is 6.33. The normalized spacial score (nSPS) is 12.4. The van der Waals surface area contributed by atoms with Gasteiger partial charge in [-0.1, -0.05) is 140 Å². The fraction of sp³-hybridized carbons (Fsp3) is 0. The summed E-state index contributed by atoms with van der Waals surface area (Å²) in [4.78, 5) is 10.8. The zero-order chi connectivity index (χ0) is 35.8. The van der Waals surface area contributed by atoms with Crippen molar-refractivity contribution in [2.24, 2.45) is 0 Å². The summed E-state index contributed by atoms with van der Waals surface area (Å²) < 4.78 is 7.32. The molecule has 0 aliphatic rings. The van der Waals surface area contributed by atoms with Crippen molar-refractivity contribution in [1.29, 1.82) is 0 Å². The summed E-state index contributed by atoms with van der Waals surface area (Å²) >= 11 is 0. The minimum absolute atomic E-state index is 0.649. The summed E-state index contributed by atoms with van der Waals surface area (Å²) in [5.74, 6) is 0.649. The zero-order valence-corrected chi connectivity index (χ0v) is 29.5. The molecule has 8 aromatic carbocycles. The topological polar surface area (TPSA) is 39.5 Å². The van der Waals surface area contributed by atoms with Gasteiger partial charge in [0, 0.05) is 48.8 Å². The van der Waals surface area contributed by atoms with E-state index in [1.807, 2.05) is 12.1 Å². The number of hydrogen-bond donors (Lipinski definition) is 0. The highest BCUT2D eigenvalue weighted by Crippen LogP contribution is 2.46. The van der Waals surface area contributed by atoms with Crippen molar-refractivity contribution in [3.63, 3.8) is 0 Å². The Morgan fingerprint density at radius 3 is 1.49 bits per heavy atom. The van der Waals surface area contributed by atoms with E-state index in [0.717, 1.165) is 44.6 Å². The number of fused-ring (bicyclic) bond motifs is 13. The van der Waals surface area contributed by atoms with Crippen LogP contribution in [0.15, 0.2) is 176 Å². The molecule has 13 rings (SSSR count). The Morgan fingerprint density at radius 1 is 0.327 bits per heavy atom. The number of nitrogens with zero attached hydrogens (tertiary/aromatic N) is 5. The Bertz CT molecular complexity index is 3640. The zero-order valence-electron chi connectivity index (χ0n) is 29.5. The van der Waals surface area contributed by atoms with Gasteiger partial charge < -0.3 is 8.80 Å². The summed E-state index contributed by atoms with van der Waals surface area (Å²) in [5, 5.41) is 9.77. The van der Waals surface area contributed by atoms with Gasteiger partial charge in [0.05, 0.1) is 55.5 Å². The summed E-state index contributed by atoms with van der Waals surface area (Å²) in [7, 11) is 0. The van der Waals surface area contributed by atoms with E-state index in [0.29, 0.717) is 5.95 Å². The van der Waals surface area contributed by atoms with E-state index in [2.05, 4.69) is 177 Å². The second kappa shape index (κ2) is 10.6. The Hall–Kier alpha value is -7.50. The first-order valence-corrected chi connectivity index (χ1v) is 18.8. The van der Waals surface area contributed by atoms with Gasteiger partial charge in [0.25, 0.3) is 0 Å². The standard InChI is InChI=1S/C50H29N5/c1-3-13-30(14-4-1)38-29-39(31-15-5-2-6-16-31)52-50(51-38)55-41-20-10-8-18-34(41)36-27-28-44-46(48(36)55)37-26-24-32-23-25-35-33-17-7-9-19-40(33)53-42-21-11-12-22-43(42)54(44)49(37)45(32)47(35)53/h1-29H. The Balaban J connectivity index is 1.27. The van der Waals surface area contributed by atoms with Crippen molar-refractivity contribution in [2.45, 2.75) is 0 Å². The lowest BCUT2D eigenvalue weighted by Crippen LogP contribution is -2.04. The average Bonchev–Trinajstić information content (AvgIpc) is 3.87. The molecule has 0 aliphatic heterocycles. The maximum absolute atomic E-state index is 5.39. The SMILES string of the molecule is c1ccc(-c2cc(-c3ccccc3)nc(-n3c4ccccc4c4ccc5c(c6ccc7ccc8c9ccccc9n9c%10ccccc%10n5c6c7c89)c43)n2)cc1. The predicted molar refractivity (Wildman–Crippen MR) is 228 cm³/mol. The van der Waals surface area contributed by atoms with Crippen LogP contribution in [0.3, 0.4) is 0 Å². The van der Waals surface area contributed by atoms with E-state index in [1.165, 1.54) is 65.2 Å². The highest BCUT2D eigenvalue weighted by Gasteiger charge is 2.25. The number of para-hydroxylation sites is 4. The van der Waals surface area contributed by atoms with Crippen LogP contribution in [0.5, 0.6) is 0 Å². The molecule has 0 N–H and O–H groups in total. The van der Waals surface area contributed by atoms with E-state index in [1.54, 1.807) is 0 Å². The Labute approximate surface area is 313 Å². The molecule has 0 spiro atoms. The lowest BCUT2D eigenvalue weighted by atomic mass is 10.0. The van der Waals surface area contributed by atoms with E-state index < -0.39 is 0 Å². The maximum atomic E-state index is 5.39. The maximum Gasteiger partial charge on any atom is 0.235 e. The average molecular weight is 700 g/mol. The van der Waals surface area contributed by atoms with Crippen molar-refractivity contribution >= 4 is 87.2 Å². The quantitative estimate of drug-likeness (QED) is 0.184. The van der Waals surface area contributed by atoms with Crippen molar-refractivity contribution in [1.82, 2.24) is 23.3 Å². The third-order valence-electron chi connectivity index (χ3n) is 11.8. The summed E-state index contributed by atoms with van der Waals surface area (Å²) in [5.41, 5.74) is 13.2. The highest BCUT2D eigenvalue weighted by atomic mass is 15.2. The lowest BCUT2D eigenvalue weighted by molar-refractivity contribution is 0.998. The smallest absolute Gasteiger partial charge is 0.235 e. The molecule has 0 radical (unpaired) electrons. The fourth-order valence-corrected chi connectivity index (χ4v) is 9.50. The minimum Gasteiger partial charge on any atom is -0.306 e. The van der Waals surface area contributed by atoms with Gasteiger partial charge in [-0.05, 0) is 41.8 Å². The van der Waals surface area contributed by atoms with Crippen LogP contribution in [0.4, 0.5) is 0 Å². The summed E-state index contributed by atoms with van der Waals surface area (Å²) in [6.07, 6.45) is 0. The molecule has 0 unspecified atom stereocenters. The van der Waals surface area contributed by atoms with E-state index in [4.69, 9.17) is 9.97 Å². The summed E-state index contributed by atoms with van der Waals surface area (Å²) in [6.45, 7) is 0. The lowest BCUT2D eigenvalue weighted by Gasteiger charge is -2.12. The molecule has 55 heavy (non-hydrogen) atoms. The molecule has 13 aromatic rings. The second-order valence-corrected chi connectivity index (χ2v) is 14.6. The van der Waals surface area contributed by atoms with Gasteiger partial charge >= 0.3 is 0 Å². The molecule has 0 amide bonds. The van der Waals surface area contributed by atoms with Crippen LogP contribution in [0.25, 0.3) is 116 Å². The van der Waals surface area contributed by atoms with Gasteiger partial charge in [-0.15, -0.1) is 0 Å². The fourth-order valence-electron chi connectivity index (χ4n) is 9.50. The Morgan fingerprint density at radius 2 is 0.818 bits per heavy atom. The first-order chi connectivity index (χ1) is 27.3. The van der Waals surface area contributed by atoms with Crippen LogP contribution in [-0.2, 0) is 0 Å². The molecular weight excluding hydrogens is 671 g/mol. The first-order valence-electron chi connectivity index (χ1n) is 18.8. The van der Waals surface area contributed by atoms with Crippen molar-refractivity contribution in [2.75, 3.05) is 0 Å². The molecule has 0 saturated heterocycles. The van der Waals surface area contributed by atoms with Crippen LogP contribution in [0.1, 0.15) is 0 Å².